The van der Waals surface area contributed by atoms with Gasteiger partial charge in [0.1, 0.15) is 11.3 Å². The average molecular weight is 336 g/mol. The third-order valence-corrected chi connectivity index (χ3v) is 4.28. The highest BCUT2D eigenvalue weighted by Crippen LogP contribution is 2.16. The lowest BCUT2D eigenvalue weighted by Gasteiger charge is -2.17. The van der Waals surface area contributed by atoms with Crippen LogP contribution in [0.15, 0.2) is 48.7 Å². The molecule has 0 fully saturated rings. The van der Waals surface area contributed by atoms with Crippen molar-refractivity contribution in [2.24, 2.45) is 0 Å². The Morgan fingerprint density at radius 3 is 2.72 bits per heavy atom. The van der Waals surface area contributed by atoms with E-state index >= 15 is 0 Å². The largest absolute Gasteiger partial charge is 0.341 e. The number of hydrogen-bond donors (Lipinski definition) is 0. The number of fused-ring (bicyclic) bond motifs is 1. The van der Waals surface area contributed by atoms with Gasteiger partial charge in [0, 0.05) is 39.2 Å². The van der Waals surface area contributed by atoms with Crippen LogP contribution < -0.4 is 0 Å². The third kappa shape index (κ3) is 4.05. The second kappa shape index (κ2) is 7.92. The van der Waals surface area contributed by atoms with Crippen molar-refractivity contribution in [1.29, 1.82) is 0 Å². The first kappa shape index (κ1) is 17.1. The molecule has 0 aliphatic rings. The van der Waals surface area contributed by atoms with Gasteiger partial charge in [-0.05, 0) is 24.1 Å². The van der Waals surface area contributed by atoms with Gasteiger partial charge in [0.25, 0.3) is 0 Å². The molecule has 130 valence electrons. The number of nitrogens with zero attached hydrogens (tertiary/aromatic N) is 4. The van der Waals surface area contributed by atoms with Crippen LogP contribution >= 0.6 is 0 Å². The van der Waals surface area contributed by atoms with Gasteiger partial charge in [-0.1, -0.05) is 37.3 Å². The molecule has 0 radical (unpaired) electrons. The van der Waals surface area contributed by atoms with Crippen LogP contribution in [0.2, 0.25) is 0 Å². The Morgan fingerprint density at radius 2 is 1.96 bits per heavy atom. The number of amides is 1. The minimum absolute atomic E-state index is 0.131. The molecule has 0 N–H and O–H groups in total. The molecule has 0 unspecified atom stereocenters. The second-order valence-corrected chi connectivity index (χ2v) is 6.26. The van der Waals surface area contributed by atoms with Gasteiger partial charge in [-0.15, -0.1) is 0 Å². The molecular weight excluding hydrogens is 312 g/mol. The SMILES string of the molecule is CCCn1c(CCC(=O)N(C)Cc2ccccc2)nc2cccnc21. The lowest BCUT2D eigenvalue weighted by molar-refractivity contribution is -0.130. The van der Waals surface area contributed by atoms with Crippen LogP contribution in [0.25, 0.3) is 11.2 Å². The molecular formula is C20H24N4O. The van der Waals surface area contributed by atoms with Gasteiger partial charge < -0.3 is 9.47 Å². The number of benzene rings is 1. The summed E-state index contributed by atoms with van der Waals surface area (Å²) < 4.78 is 2.14. The molecule has 0 atom stereocenters. The molecule has 5 heteroatoms. The molecule has 2 aromatic heterocycles. The number of carbonyl (C=O) groups excluding carboxylic acids is 1. The van der Waals surface area contributed by atoms with E-state index in [1.165, 1.54) is 0 Å². The molecule has 0 aliphatic carbocycles. The topological polar surface area (TPSA) is 51.0 Å². The lowest BCUT2D eigenvalue weighted by Crippen LogP contribution is -2.26. The Labute approximate surface area is 148 Å². The average Bonchev–Trinajstić information content (AvgIpc) is 2.98. The Hall–Kier alpha value is -2.69. The predicted octanol–water partition coefficient (Wildman–Crippen LogP) is 3.43. The summed E-state index contributed by atoms with van der Waals surface area (Å²) in [7, 11) is 1.85. The molecule has 1 amide bonds. The van der Waals surface area contributed by atoms with E-state index in [4.69, 9.17) is 0 Å². The zero-order chi connectivity index (χ0) is 17.6. The van der Waals surface area contributed by atoms with Crippen LogP contribution in [0.3, 0.4) is 0 Å². The second-order valence-electron chi connectivity index (χ2n) is 6.26. The summed E-state index contributed by atoms with van der Waals surface area (Å²) in [5.74, 6) is 1.07. The van der Waals surface area contributed by atoms with Gasteiger partial charge in [-0.25, -0.2) is 9.97 Å². The standard InChI is InChI=1S/C20H24N4O/c1-3-14-24-18(22-17-10-7-13-21-20(17)24)11-12-19(25)23(2)15-16-8-5-4-6-9-16/h4-10,13H,3,11-12,14-15H2,1-2H3. The normalized spacial score (nSPS) is 11.0. The van der Waals surface area contributed by atoms with Gasteiger partial charge in [0.2, 0.25) is 5.91 Å². The van der Waals surface area contributed by atoms with E-state index in [0.29, 0.717) is 19.4 Å². The fourth-order valence-corrected chi connectivity index (χ4v) is 3.01. The van der Waals surface area contributed by atoms with Gasteiger partial charge in [0.05, 0.1) is 0 Å². The van der Waals surface area contributed by atoms with E-state index in [2.05, 4.69) is 21.5 Å². The molecule has 0 aliphatic heterocycles. The van der Waals surface area contributed by atoms with Crippen molar-refractivity contribution in [2.45, 2.75) is 39.3 Å². The summed E-state index contributed by atoms with van der Waals surface area (Å²) in [5.41, 5.74) is 2.95. The molecule has 2 heterocycles. The van der Waals surface area contributed by atoms with Crippen molar-refractivity contribution >= 4 is 17.1 Å². The Balaban J connectivity index is 1.67. The maximum absolute atomic E-state index is 12.5. The highest BCUT2D eigenvalue weighted by Gasteiger charge is 2.14. The van der Waals surface area contributed by atoms with Crippen molar-refractivity contribution in [1.82, 2.24) is 19.4 Å². The quantitative estimate of drug-likeness (QED) is 0.664. The van der Waals surface area contributed by atoms with E-state index in [1.807, 2.05) is 49.5 Å². The number of imidazole rings is 1. The molecule has 1 aromatic carbocycles. The Morgan fingerprint density at radius 1 is 1.16 bits per heavy atom. The molecule has 0 saturated carbocycles. The first-order valence-electron chi connectivity index (χ1n) is 8.77. The fraction of sp³-hybridized carbons (Fsp3) is 0.350. The number of hydrogen-bond acceptors (Lipinski definition) is 3. The zero-order valence-corrected chi connectivity index (χ0v) is 14.9. The minimum Gasteiger partial charge on any atom is -0.341 e. The summed E-state index contributed by atoms with van der Waals surface area (Å²) in [6.07, 6.45) is 3.89. The van der Waals surface area contributed by atoms with E-state index < -0.39 is 0 Å². The highest BCUT2D eigenvalue weighted by atomic mass is 16.2. The van der Waals surface area contributed by atoms with Crippen molar-refractivity contribution in [3.8, 4) is 0 Å². The third-order valence-electron chi connectivity index (χ3n) is 4.28. The number of aromatic nitrogens is 3. The smallest absolute Gasteiger partial charge is 0.223 e. The van der Waals surface area contributed by atoms with Crippen molar-refractivity contribution in [3.63, 3.8) is 0 Å². The van der Waals surface area contributed by atoms with E-state index in [-0.39, 0.29) is 5.91 Å². The summed E-state index contributed by atoms with van der Waals surface area (Å²) in [6.45, 7) is 3.64. The van der Waals surface area contributed by atoms with E-state index in [1.54, 1.807) is 11.1 Å². The molecule has 25 heavy (non-hydrogen) atoms. The van der Waals surface area contributed by atoms with E-state index in [0.717, 1.165) is 35.5 Å². The molecule has 0 spiro atoms. The molecule has 3 rings (SSSR count). The lowest BCUT2D eigenvalue weighted by atomic mass is 10.2. The van der Waals surface area contributed by atoms with Gasteiger partial charge in [0.15, 0.2) is 5.65 Å². The first-order valence-corrected chi connectivity index (χ1v) is 8.77. The van der Waals surface area contributed by atoms with Crippen molar-refractivity contribution < 1.29 is 4.79 Å². The molecule has 5 nitrogen and oxygen atoms in total. The van der Waals surface area contributed by atoms with Crippen molar-refractivity contribution in [3.05, 3.63) is 60.0 Å². The van der Waals surface area contributed by atoms with Gasteiger partial charge >= 0.3 is 0 Å². The Kier molecular flexibility index (Phi) is 5.43. The zero-order valence-electron chi connectivity index (χ0n) is 14.9. The van der Waals surface area contributed by atoms with Crippen LogP contribution in [0.5, 0.6) is 0 Å². The Bertz CT molecular complexity index is 841. The summed E-state index contributed by atoms with van der Waals surface area (Å²) in [4.78, 5) is 23.4. The van der Waals surface area contributed by atoms with Gasteiger partial charge in [-0.3, -0.25) is 4.79 Å². The number of carbonyl (C=O) groups is 1. The predicted molar refractivity (Wildman–Crippen MR) is 99.1 cm³/mol. The van der Waals surface area contributed by atoms with Gasteiger partial charge in [-0.2, -0.15) is 0 Å². The molecule has 0 saturated heterocycles. The number of rotatable bonds is 7. The first-order chi connectivity index (χ1) is 12.2. The summed E-state index contributed by atoms with van der Waals surface area (Å²) in [5, 5.41) is 0. The fourth-order valence-electron chi connectivity index (χ4n) is 3.01. The van der Waals surface area contributed by atoms with Crippen LogP contribution in [0.4, 0.5) is 0 Å². The van der Waals surface area contributed by atoms with E-state index in [9.17, 15) is 4.79 Å². The van der Waals surface area contributed by atoms with Crippen LogP contribution in [-0.4, -0.2) is 32.4 Å². The highest BCUT2D eigenvalue weighted by molar-refractivity contribution is 5.76. The monoisotopic (exact) mass is 336 g/mol. The van der Waals surface area contributed by atoms with Crippen LogP contribution in [0, 0.1) is 0 Å². The molecule has 0 bridgehead atoms. The summed E-state index contributed by atoms with van der Waals surface area (Å²) >= 11 is 0. The number of aryl methyl sites for hydroxylation is 2. The van der Waals surface area contributed by atoms with Crippen LogP contribution in [-0.2, 0) is 24.3 Å². The van der Waals surface area contributed by atoms with Crippen LogP contribution in [0.1, 0.15) is 31.2 Å². The van der Waals surface area contributed by atoms with Crippen molar-refractivity contribution in [2.75, 3.05) is 7.05 Å². The maximum Gasteiger partial charge on any atom is 0.223 e. The molecule has 3 aromatic rings. The number of pyridine rings is 1. The summed E-state index contributed by atoms with van der Waals surface area (Å²) in [6, 6.07) is 13.9. The minimum atomic E-state index is 0.131. The maximum atomic E-state index is 12.5.